The number of carbonyl (C=O) groups is 2. The van der Waals surface area contributed by atoms with Crippen molar-refractivity contribution >= 4 is 29.2 Å². The molecule has 0 radical (unpaired) electrons. The largest absolute Gasteiger partial charge is 0.482 e. The predicted octanol–water partition coefficient (Wildman–Crippen LogP) is 2.77. The van der Waals surface area contributed by atoms with Gasteiger partial charge in [-0.3, -0.25) is 4.79 Å². The van der Waals surface area contributed by atoms with E-state index in [-0.39, 0.29) is 5.91 Å². The van der Waals surface area contributed by atoms with E-state index in [2.05, 4.69) is 4.90 Å². The SMILES string of the molecule is O=C(O)COc1ccc(N2CCN(C(=O)c3ccccc3)CC2)c(Cl)c1. The van der Waals surface area contributed by atoms with Crippen LogP contribution in [-0.2, 0) is 4.79 Å². The van der Waals surface area contributed by atoms with Crippen molar-refractivity contribution in [3.8, 4) is 5.75 Å². The van der Waals surface area contributed by atoms with Gasteiger partial charge in [-0.1, -0.05) is 29.8 Å². The highest BCUT2D eigenvalue weighted by molar-refractivity contribution is 6.33. The number of aliphatic carboxylic acids is 1. The molecule has 6 nitrogen and oxygen atoms in total. The summed E-state index contributed by atoms with van der Waals surface area (Å²) in [5.74, 6) is -0.586. The van der Waals surface area contributed by atoms with Crippen molar-refractivity contribution in [1.29, 1.82) is 0 Å². The Morgan fingerprint density at radius 1 is 1.04 bits per heavy atom. The minimum Gasteiger partial charge on any atom is -0.482 e. The number of anilines is 1. The molecule has 1 heterocycles. The number of amides is 1. The van der Waals surface area contributed by atoms with E-state index < -0.39 is 12.6 Å². The number of rotatable bonds is 5. The normalized spacial score (nSPS) is 14.2. The summed E-state index contributed by atoms with van der Waals surface area (Å²) in [7, 11) is 0. The van der Waals surface area contributed by atoms with Gasteiger partial charge in [-0.25, -0.2) is 4.79 Å². The van der Waals surface area contributed by atoms with Crippen molar-refractivity contribution in [3.63, 3.8) is 0 Å². The van der Waals surface area contributed by atoms with Gasteiger partial charge in [0, 0.05) is 37.8 Å². The fourth-order valence-electron chi connectivity index (χ4n) is 2.89. The molecule has 26 heavy (non-hydrogen) atoms. The van der Waals surface area contributed by atoms with Crippen molar-refractivity contribution in [1.82, 2.24) is 4.90 Å². The first-order valence-electron chi connectivity index (χ1n) is 8.28. The quantitative estimate of drug-likeness (QED) is 0.871. The Bertz CT molecular complexity index is 789. The fourth-order valence-corrected chi connectivity index (χ4v) is 3.18. The molecule has 0 bridgehead atoms. The van der Waals surface area contributed by atoms with Crippen molar-refractivity contribution < 1.29 is 19.4 Å². The molecule has 1 N–H and O–H groups in total. The monoisotopic (exact) mass is 374 g/mol. The minimum absolute atomic E-state index is 0.0359. The Balaban J connectivity index is 1.61. The number of piperazine rings is 1. The van der Waals surface area contributed by atoms with Crippen LogP contribution in [0.15, 0.2) is 48.5 Å². The van der Waals surface area contributed by atoms with E-state index in [1.54, 1.807) is 12.1 Å². The second-order valence-corrected chi connectivity index (χ2v) is 6.35. The molecule has 0 spiro atoms. The van der Waals surface area contributed by atoms with Gasteiger partial charge in [-0.05, 0) is 24.3 Å². The topological polar surface area (TPSA) is 70.1 Å². The van der Waals surface area contributed by atoms with Gasteiger partial charge in [-0.2, -0.15) is 0 Å². The van der Waals surface area contributed by atoms with Gasteiger partial charge in [-0.15, -0.1) is 0 Å². The van der Waals surface area contributed by atoms with Crippen molar-refractivity contribution in [2.24, 2.45) is 0 Å². The summed E-state index contributed by atoms with van der Waals surface area (Å²) < 4.78 is 5.13. The highest BCUT2D eigenvalue weighted by atomic mass is 35.5. The Morgan fingerprint density at radius 3 is 2.35 bits per heavy atom. The Morgan fingerprint density at radius 2 is 1.73 bits per heavy atom. The van der Waals surface area contributed by atoms with E-state index in [0.29, 0.717) is 42.5 Å². The summed E-state index contributed by atoms with van der Waals surface area (Å²) in [5.41, 5.74) is 1.54. The number of carboxylic acids is 1. The molecule has 1 aliphatic rings. The zero-order chi connectivity index (χ0) is 18.5. The highest BCUT2D eigenvalue weighted by Crippen LogP contribution is 2.30. The van der Waals surface area contributed by atoms with Crippen LogP contribution in [0, 0.1) is 0 Å². The average molecular weight is 375 g/mol. The Kier molecular flexibility index (Phi) is 5.63. The van der Waals surface area contributed by atoms with Crippen LogP contribution >= 0.6 is 11.6 Å². The highest BCUT2D eigenvalue weighted by Gasteiger charge is 2.23. The Hall–Kier alpha value is -2.73. The van der Waals surface area contributed by atoms with Crippen LogP contribution in [0.4, 0.5) is 5.69 Å². The lowest BCUT2D eigenvalue weighted by Gasteiger charge is -2.36. The van der Waals surface area contributed by atoms with E-state index in [4.69, 9.17) is 21.4 Å². The summed E-state index contributed by atoms with van der Waals surface area (Å²) in [5, 5.41) is 9.15. The van der Waals surface area contributed by atoms with Crippen molar-refractivity contribution in [2.45, 2.75) is 0 Å². The third-order valence-electron chi connectivity index (χ3n) is 4.21. The third-order valence-corrected chi connectivity index (χ3v) is 4.51. The third kappa shape index (κ3) is 4.26. The van der Waals surface area contributed by atoms with E-state index in [1.807, 2.05) is 41.3 Å². The summed E-state index contributed by atoms with van der Waals surface area (Å²) in [4.78, 5) is 27.0. The van der Waals surface area contributed by atoms with Gasteiger partial charge in [0.25, 0.3) is 5.91 Å². The van der Waals surface area contributed by atoms with Crippen LogP contribution < -0.4 is 9.64 Å². The van der Waals surface area contributed by atoms with Gasteiger partial charge < -0.3 is 19.6 Å². The summed E-state index contributed by atoms with van der Waals surface area (Å²) in [6.45, 7) is 2.17. The van der Waals surface area contributed by atoms with Crippen molar-refractivity contribution in [3.05, 3.63) is 59.1 Å². The van der Waals surface area contributed by atoms with Gasteiger partial charge in [0.05, 0.1) is 10.7 Å². The molecule has 136 valence electrons. The van der Waals surface area contributed by atoms with E-state index in [1.165, 1.54) is 0 Å². The molecule has 3 rings (SSSR count). The molecule has 1 aliphatic heterocycles. The molecule has 1 fully saturated rings. The smallest absolute Gasteiger partial charge is 0.341 e. The molecule has 1 amide bonds. The predicted molar refractivity (Wildman–Crippen MR) is 99.1 cm³/mol. The average Bonchev–Trinajstić information content (AvgIpc) is 2.67. The lowest BCUT2D eigenvalue weighted by molar-refractivity contribution is -0.139. The lowest BCUT2D eigenvalue weighted by Crippen LogP contribution is -2.48. The summed E-state index contributed by atoms with van der Waals surface area (Å²) in [6, 6.07) is 14.4. The first-order valence-corrected chi connectivity index (χ1v) is 8.66. The van der Waals surface area contributed by atoms with Crippen LogP contribution in [0.2, 0.25) is 5.02 Å². The molecule has 7 heteroatoms. The van der Waals surface area contributed by atoms with Gasteiger partial charge in [0.1, 0.15) is 5.75 Å². The van der Waals surface area contributed by atoms with E-state index in [9.17, 15) is 9.59 Å². The van der Waals surface area contributed by atoms with Gasteiger partial charge >= 0.3 is 5.97 Å². The molecule has 0 unspecified atom stereocenters. The molecule has 1 saturated heterocycles. The second kappa shape index (κ2) is 8.10. The maximum atomic E-state index is 12.5. The first kappa shape index (κ1) is 18.1. The van der Waals surface area contributed by atoms with Crippen LogP contribution in [0.3, 0.4) is 0 Å². The molecule has 0 saturated carbocycles. The van der Waals surface area contributed by atoms with E-state index >= 15 is 0 Å². The second-order valence-electron chi connectivity index (χ2n) is 5.94. The zero-order valence-electron chi connectivity index (χ0n) is 14.1. The number of carbonyl (C=O) groups excluding carboxylic acids is 1. The number of nitrogens with zero attached hydrogens (tertiary/aromatic N) is 2. The van der Waals surface area contributed by atoms with Crippen LogP contribution in [0.5, 0.6) is 5.75 Å². The molecule has 2 aromatic rings. The standard InChI is InChI=1S/C19H19ClN2O4/c20-16-12-15(26-13-18(23)24)6-7-17(16)21-8-10-22(11-9-21)19(25)14-4-2-1-3-5-14/h1-7,12H,8-11,13H2,(H,23,24). The number of carboxylic acid groups (broad SMARTS) is 1. The minimum atomic E-state index is -1.04. The van der Waals surface area contributed by atoms with Crippen LogP contribution in [0.25, 0.3) is 0 Å². The molecule has 0 atom stereocenters. The maximum absolute atomic E-state index is 12.5. The number of hydrogen-bond acceptors (Lipinski definition) is 4. The lowest BCUT2D eigenvalue weighted by atomic mass is 10.1. The first-order chi connectivity index (χ1) is 12.5. The fraction of sp³-hybridized carbons (Fsp3) is 0.263. The number of halogens is 1. The van der Waals surface area contributed by atoms with Crippen LogP contribution in [0.1, 0.15) is 10.4 Å². The number of benzene rings is 2. The molecular weight excluding hydrogens is 356 g/mol. The van der Waals surface area contributed by atoms with Crippen molar-refractivity contribution in [2.75, 3.05) is 37.7 Å². The Labute approximate surface area is 156 Å². The zero-order valence-corrected chi connectivity index (χ0v) is 14.9. The van der Waals surface area contributed by atoms with Gasteiger partial charge in [0.15, 0.2) is 6.61 Å². The van der Waals surface area contributed by atoms with Crippen LogP contribution in [-0.4, -0.2) is 54.7 Å². The summed E-state index contributed by atoms with van der Waals surface area (Å²) >= 11 is 6.32. The summed E-state index contributed by atoms with van der Waals surface area (Å²) in [6.07, 6.45) is 0. The molecule has 0 aliphatic carbocycles. The van der Waals surface area contributed by atoms with E-state index in [0.717, 1.165) is 5.69 Å². The number of ether oxygens (including phenoxy) is 1. The molecule has 0 aromatic heterocycles. The molecular formula is C19H19ClN2O4. The van der Waals surface area contributed by atoms with Gasteiger partial charge in [0.2, 0.25) is 0 Å². The maximum Gasteiger partial charge on any atom is 0.341 e. The molecule has 2 aromatic carbocycles. The number of hydrogen-bond donors (Lipinski definition) is 1.